The number of nitrogen functional groups attached to an aromatic ring is 1. The van der Waals surface area contributed by atoms with Crippen LogP contribution in [-0.4, -0.2) is 22.0 Å². The van der Waals surface area contributed by atoms with Crippen LogP contribution in [0.5, 0.6) is 0 Å². The van der Waals surface area contributed by atoms with Gasteiger partial charge in [-0.25, -0.2) is 0 Å². The average molecular weight is 193 g/mol. The zero-order valence-electron chi connectivity index (χ0n) is 8.10. The third-order valence-electron chi connectivity index (χ3n) is 3.26. The monoisotopic (exact) mass is 193 g/mol. The van der Waals surface area contributed by atoms with Crippen LogP contribution in [0, 0.1) is 0 Å². The molecule has 4 heteroatoms. The summed E-state index contributed by atoms with van der Waals surface area (Å²) in [5, 5.41) is 4.27. The Balaban J connectivity index is 1.80. The summed E-state index contributed by atoms with van der Waals surface area (Å²) in [4.78, 5) is 0. The normalized spacial score (nSPS) is 36.1. The molecule has 76 valence electrons. The first kappa shape index (κ1) is 8.29. The number of ether oxygens (including phenoxy) is 1. The zero-order chi connectivity index (χ0) is 9.54. The second-order valence-corrected chi connectivity index (χ2v) is 4.34. The Morgan fingerprint density at radius 2 is 2.07 bits per heavy atom. The number of aromatic nitrogens is 2. The van der Waals surface area contributed by atoms with Gasteiger partial charge in [-0.2, -0.15) is 5.10 Å². The van der Waals surface area contributed by atoms with E-state index < -0.39 is 0 Å². The lowest BCUT2D eigenvalue weighted by Gasteiger charge is -2.28. The van der Waals surface area contributed by atoms with Crippen molar-refractivity contribution in [3.8, 4) is 0 Å². The standard InChI is InChI=1S/C10H15N3O/c11-7-5-12-13(6-7)8-3-9-1-2-10(4-8)14-9/h5-6,8-10H,1-4,11H2/t8?,9-,10+. The van der Waals surface area contributed by atoms with Crippen molar-refractivity contribution in [2.45, 2.75) is 43.9 Å². The molecule has 0 spiro atoms. The Hall–Kier alpha value is -1.03. The molecule has 3 heterocycles. The largest absolute Gasteiger partial charge is 0.396 e. The van der Waals surface area contributed by atoms with Crippen molar-refractivity contribution in [2.75, 3.05) is 5.73 Å². The lowest BCUT2D eigenvalue weighted by molar-refractivity contribution is -0.0180. The number of nitrogens with two attached hydrogens (primary N) is 1. The molecule has 1 aromatic rings. The maximum atomic E-state index is 5.78. The number of anilines is 1. The van der Waals surface area contributed by atoms with Crippen LogP contribution in [0.2, 0.25) is 0 Å². The van der Waals surface area contributed by atoms with E-state index in [9.17, 15) is 0 Å². The van der Waals surface area contributed by atoms with E-state index in [4.69, 9.17) is 10.5 Å². The van der Waals surface area contributed by atoms with Crippen LogP contribution >= 0.6 is 0 Å². The SMILES string of the molecule is Nc1cnn(C2C[C@H]3CC[C@@H](C2)O3)c1. The topological polar surface area (TPSA) is 53.1 Å². The predicted molar refractivity (Wildman–Crippen MR) is 52.8 cm³/mol. The molecule has 2 aliphatic rings. The van der Waals surface area contributed by atoms with Crippen molar-refractivity contribution in [3.05, 3.63) is 12.4 Å². The van der Waals surface area contributed by atoms with Gasteiger partial charge in [-0.1, -0.05) is 0 Å². The van der Waals surface area contributed by atoms with Gasteiger partial charge in [-0.3, -0.25) is 4.68 Å². The second kappa shape index (κ2) is 2.98. The Morgan fingerprint density at radius 1 is 1.36 bits per heavy atom. The van der Waals surface area contributed by atoms with Gasteiger partial charge < -0.3 is 10.5 Å². The summed E-state index contributed by atoms with van der Waals surface area (Å²) in [6.07, 6.45) is 9.20. The minimum absolute atomic E-state index is 0.462. The first-order chi connectivity index (χ1) is 6.81. The van der Waals surface area contributed by atoms with E-state index in [1.807, 2.05) is 10.9 Å². The molecule has 0 amide bonds. The summed E-state index contributed by atoms with van der Waals surface area (Å²) in [6.45, 7) is 0. The molecular formula is C10H15N3O. The fraction of sp³-hybridized carbons (Fsp3) is 0.700. The molecule has 3 atom stereocenters. The van der Waals surface area contributed by atoms with Gasteiger partial charge in [0, 0.05) is 6.20 Å². The van der Waals surface area contributed by atoms with Gasteiger partial charge in [0.15, 0.2) is 0 Å². The molecule has 2 saturated heterocycles. The Labute approximate surface area is 83.0 Å². The van der Waals surface area contributed by atoms with Crippen LogP contribution in [-0.2, 0) is 4.74 Å². The fourth-order valence-electron chi connectivity index (χ4n) is 2.60. The number of rotatable bonds is 1. The molecular weight excluding hydrogens is 178 g/mol. The number of nitrogens with zero attached hydrogens (tertiary/aromatic N) is 2. The average Bonchev–Trinajstić information content (AvgIpc) is 2.73. The molecule has 2 N–H and O–H groups in total. The quantitative estimate of drug-likeness (QED) is 0.732. The zero-order valence-corrected chi connectivity index (χ0v) is 8.10. The maximum absolute atomic E-state index is 5.78. The maximum Gasteiger partial charge on any atom is 0.0719 e. The highest BCUT2D eigenvalue weighted by atomic mass is 16.5. The van der Waals surface area contributed by atoms with Crippen molar-refractivity contribution >= 4 is 5.69 Å². The van der Waals surface area contributed by atoms with Crippen molar-refractivity contribution < 1.29 is 4.74 Å². The van der Waals surface area contributed by atoms with Gasteiger partial charge in [0.25, 0.3) is 0 Å². The molecule has 1 unspecified atom stereocenters. The third kappa shape index (κ3) is 1.30. The number of hydrogen-bond acceptors (Lipinski definition) is 3. The Bertz CT molecular complexity index is 324. The van der Waals surface area contributed by atoms with E-state index in [1.54, 1.807) is 6.20 Å². The smallest absolute Gasteiger partial charge is 0.0719 e. The molecule has 0 aliphatic carbocycles. The van der Waals surface area contributed by atoms with Crippen LogP contribution in [0.4, 0.5) is 5.69 Å². The van der Waals surface area contributed by atoms with Gasteiger partial charge in [-0.05, 0) is 25.7 Å². The van der Waals surface area contributed by atoms with Crippen LogP contribution in [0.3, 0.4) is 0 Å². The van der Waals surface area contributed by atoms with E-state index >= 15 is 0 Å². The van der Waals surface area contributed by atoms with Crippen LogP contribution < -0.4 is 5.73 Å². The minimum Gasteiger partial charge on any atom is -0.396 e. The molecule has 3 rings (SSSR count). The highest BCUT2D eigenvalue weighted by Gasteiger charge is 2.35. The van der Waals surface area contributed by atoms with Crippen molar-refractivity contribution in [2.24, 2.45) is 0 Å². The van der Waals surface area contributed by atoms with Crippen LogP contribution in [0.1, 0.15) is 31.7 Å². The lowest BCUT2D eigenvalue weighted by atomic mass is 10.0. The molecule has 1 aromatic heterocycles. The lowest BCUT2D eigenvalue weighted by Crippen LogP contribution is -2.27. The van der Waals surface area contributed by atoms with Gasteiger partial charge in [0.05, 0.1) is 30.1 Å². The molecule has 14 heavy (non-hydrogen) atoms. The van der Waals surface area contributed by atoms with Crippen molar-refractivity contribution in [1.29, 1.82) is 0 Å². The first-order valence-corrected chi connectivity index (χ1v) is 5.26. The molecule has 2 aliphatic heterocycles. The summed E-state index contributed by atoms with van der Waals surface area (Å²) in [5.41, 5.74) is 6.41. The van der Waals surface area contributed by atoms with E-state index in [-0.39, 0.29) is 0 Å². The van der Waals surface area contributed by atoms with E-state index in [2.05, 4.69) is 5.10 Å². The predicted octanol–water partition coefficient (Wildman–Crippen LogP) is 1.35. The summed E-state index contributed by atoms with van der Waals surface area (Å²) >= 11 is 0. The summed E-state index contributed by atoms with van der Waals surface area (Å²) in [6, 6.07) is 0.499. The van der Waals surface area contributed by atoms with Crippen molar-refractivity contribution in [3.63, 3.8) is 0 Å². The molecule has 0 saturated carbocycles. The van der Waals surface area contributed by atoms with Crippen LogP contribution in [0.25, 0.3) is 0 Å². The second-order valence-electron chi connectivity index (χ2n) is 4.34. The summed E-state index contributed by atoms with van der Waals surface area (Å²) in [7, 11) is 0. The van der Waals surface area contributed by atoms with Gasteiger partial charge in [0.1, 0.15) is 0 Å². The van der Waals surface area contributed by atoms with Gasteiger partial charge in [0.2, 0.25) is 0 Å². The first-order valence-electron chi connectivity index (χ1n) is 5.26. The molecule has 2 fully saturated rings. The Morgan fingerprint density at radius 3 is 2.64 bits per heavy atom. The highest BCUT2D eigenvalue weighted by Crippen LogP contribution is 2.38. The van der Waals surface area contributed by atoms with Gasteiger partial charge in [-0.15, -0.1) is 0 Å². The molecule has 2 bridgehead atoms. The minimum atomic E-state index is 0.462. The van der Waals surface area contributed by atoms with Crippen LogP contribution in [0.15, 0.2) is 12.4 Å². The summed E-state index contributed by atoms with van der Waals surface area (Å²) < 4.78 is 7.79. The number of fused-ring (bicyclic) bond motifs is 2. The third-order valence-corrected chi connectivity index (χ3v) is 3.26. The molecule has 4 nitrogen and oxygen atoms in total. The molecule has 0 aromatic carbocycles. The van der Waals surface area contributed by atoms with Crippen molar-refractivity contribution in [1.82, 2.24) is 9.78 Å². The van der Waals surface area contributed by atoms with E-state index in [0.717, 1.165) is 18.5 Å². The van der Waals surface area contributed by atoms with E-state index in [0.29, 0.717) is 18.2 Å². The van der Waals surface area contributed by atoms with E-state index in [1.165, 1.54) is 12.8 Å². The van der Waals surface area contributed by atoms with Gasteiger partial charge >= 0.3 is 0 Å². The number of hydrogen-bond donors (Lipinski definition) is 1. The fourth-order valence-corrected chi connectivity index (χ4v) is 2.60. The molecule has 0 radical (unpaired) electrons. The highest BCUT2D eigenvalue weighted by molar-refractivity contribution is 5.30. The summed E-state index contributed by atoms with van der Waals surface area (Å²) in [5.74, 6) is 0. The Kier molecular flexibility index (Phi) is 1.77.